The van der Waals surface area contributed by atoms with E-state index >= 15 is 0 Å². The van der Waals surface area contributed by atoms with E-state index in [0.29, 0.717) is 26.3 Å². The predicted octanol–water partition coefficient (Wildman–Crippen LogP) is -0.985. The molecule has 5 nitrogen and oxygen atoms in total. The summed E-state index contributed by atoms with van der Waals surface area (Å²) in [6.45, 7) is 2.03. The average molecular weight is 204 g/mol. The summed E-state index contributed by atoms with van der Waals surface area (Å²) in [6, 6.07) is 0. The van der Waals surface area contributed by atoms with Crippen LogP contribution in [0.15, 0.2) is 0 Å². The number of hydrogen-bond acceptors (Lipinski definition) is 4. The van der Waals surface area contributed by atoms with Crippen molar-refractivity contribution in [3.8, 4) is 0 Å². The van der Waals surface area contributed by atoms with Gasteiger partial charge in [-0.2, -0.15) is 0 Å². The molecular weight excluding hydrogens is 184 g/mol. The fourth-order valence-electron chi connectivity index (χ4n) is 0.838. The van der Waals surface area contributed by atoms with E-state index in [9.17, 15) is 4.79 Å². The summed E-state index contributed by atoms with van der Waals surface area (Å²) in [4.78, 5) is 14.7. The Kier molecular flexibility index (Phi) is 7.37. The normalized spacial score (nSPS) is 10.6. The van der Waals surface area contributed by atoms with Gasteiger partial charge in [0.15, 0.2) is 0 Å². The molecule has 0 unspecified atom stereocenters. The molecule has 1 N–H and O–H groups in total. The number of aliphatic hydroxyl groups is 1. The Morgan fingerprint density at radius 2 is 1.93 bits per heavy atom. The largest absolute Gasteiger partial charge is 0.394 e. The number of carbonyl (C=O) groups excluding carboxylic acids is 1. The van der Waals surface area contributed by atoms with E-state index < -0.39 is 0 Å². The lowest BCUT2D eigenvalue weighted by molar-refractivity contribution is -0.129. The topological polar surface area (TPSA) is 53.0 Å². The molecule has 0 heterocycles. The third-order valence-electron chi connectivity index (χ3n) is 1.76. The molecule has 0 bridgehead atoms. The van der Waals surface area contributed by atoms with Crippen LogP contribution in [0.2, 0.25) is 0 Å². The third-order valence-corrected chi connectivity index (χ3v) is 1.76. The maximum Gasteiger partial charge on any atom is 0.236 e. The SMILES string of the molecule is CN(CCOCCO)CC(=O)N(C)C. The van der Waals surface area contributed by atoms with Crippen molar-refractivity contribution in [2.75, 3.05) is 54.1 Å². The lowest BCUT2D eigenvalue weighted by Crippen LogP contribution is -2.36. The number of hydrogen-bond donors (Lipinski definition) is 1. The highest BCUT2D eigenvalue weighted by molar-refractivity contribution is 5.77. The Morgan fingerprint density at radius 1 is 1.29 bits per heavy atom. The van der Waals surface area contributed by atoms with Crippen LogP contribution in [0.25, 0.3) is 0 Å². The summed E-state index contributed by atoms with van der Waals surface area (Å²) in [7, 11) is 5.33. The molecule has 1 amide bonds. The third kappa shape index (κ3) is 6.82. The molecule has 0 aliphatic rings. The molecule has 14 heavy (non-hydrogen) atoms. The molecule has 0 spiro atoms. The fourth-order valence-corrected chi connectivity index (χ4v) is 0.838. The van der Waals surface area contributed by atoms with Gasteiger partial charge in [0.05, 0.1) is 26.4 Å². The van der Waals surface area contributed by atoms with Crippen molar-refractivity contribution in [1.29, 1.82) is 0 Å². The predicted molar refractivity (Wildman–Crippen MR) is 54.1 cm³/mol. The zero-order valence-electron chi connectivity index (χ0n) is 9.19. The van der Waals surface area contributed by atoms with Crippen LogP contribution >= 0.6 is 0 Å². The number of carbonyl (C=O) groups is 1. The van der Waals surface area contributed by atoms with Crippen molar-refractivity contribution < 1.29 is 14.6 Å². The number of rotatable bonds is 7. The molecule has 0 saturated heterocycles. The Labute approximate surface area is 85.2 Å². The molecule has 5 heteroatoms. The Hall–Kier alpha value is -0.650. The zero-order valence-corrected chi connectivity index (χ0v) is 9.19. The molecule has 84 valence electrons. The fraction of sp³-hybridized carbons (Fsp3) is 0.889. The van der Waals surface area contributed by atoms with E-state index in [-0.39, 0.29) is 12.5 Å². The molecule has 0 atom stereocenters. The van der Waals surface area contributed by atoms with Crippen molar-refractivity contribution in [3.63, 3.8) is 0 Å². The van der Waals surface area contributed by atoms with Gasteiger partial charge in [-0.15, -0.1) is 0 Å². The van der Waals surface area contributed by atoms with Gasteiger partial charge in [-0.05, 0) is 7.05 Å². The number of aliphatic hydroxyl groups excluding tert-OH is 1. The van der Waals surface area contributed by atoms with Crippen LogP contribution in [0.5, 0.6) is 0 Å². The first-order chi connectivity index (χ1) is 6.57. The van der Waals surface area contributed by atoms with Crippen LogP contribution < -0.4 is 0 Å². The second-order valence-corrected chi connectivity index (χ2v) is 3.36. The first kappa shape index (κ1) is 13.4. The second-order valence-electron chi connectivity index (χ2n) is 3.36. The molecule has 0 aliphatic carbocycles. The van der Waals surface area contributed by atoms with Crippen LogP contribution in [0, 0.1) is 0 Å². The van der Waals surface area contributed by atoms with Gasteiger partial charge in [-0.25, -0.2) is 0 Å². The summed E-state index contributed by atoms with van der Waals surface area (Å²) in [6.07, 6.45) is 0. The van der Waals surface area contributed by atoms with Gasteiger partial charge in [-0.1, -0.05) is 0 Å². The summed E-state index contributed by atoms with van der Waals surface area (Å²) in [5, 5.41) is 8.45. The molecule has 0 aliphatic heterocycles. The van der Waals surface area contributed by atoms with Crippen LogP contribution in [-0.4, -0.2) is 74.9 Å². The Bertz CT molecular complexity index is 162. The maximum absolute atomic E-state index is 11.2. The van der Waals surface area contributed by atoms with Gasteiger partial charge in [0.1, 0.15) is 0 Å². The summed E-state index contributed by atoms with van der Waals surface area (Å²) in [5.41, 5.74) is 0. The van der Waals surface area contributed by atoms with Crippen LogP contribution in [-0.2, 0) is 9.53 Å². The highest BCUT2D eigenvalue weighted by Gasteiger charge is 2.07. The first-order valence-electron chi connectivity index (χ1n) is 4.65. The quantitative estimate of drug-likeness (QED) is 0.541. The molecule has 0 saturated carbocycles. The molecule has 0 radical (unpaired) electrons. The standard InChI is InChI=1S/C9H20N2O3/c1-10(2)9(13)8-11(3)4-6-14-7-5-12/h12H,4-8H2,1-3H3. The molecule has 0 aromatic rings. The molecule has 0 rings (SSSR count). The lowest BCUT2D eigenvalue weighted by atomic mass is 10.5. The highest BCUT2D eigenvalue weighted by Crippen LogP contribution is 1.87. The van der Waals surface area contributed by atoms with E-state index in [1.54, 1.807) is 19.0 Å². The van der Waals surface area contributed by atoms with E-state index in [4.69, 9.17) is 9.84 Å². The monoisotopic (exact) mass is 204 g/mol. The second kappa shape index (κ2) is 7.73. The maximum atomic E-state index is 11.2. The minimum atomic E-state index is 0.0420. The molecule has 0 fully saturated rings. The van der Waals surface area contributed by atoms with E-state index in [1.807, 2.05) is 11.9 Å². The van der Waals surface area contributed by atoms with Gasteiger partial charge in [0.2, 0.25) is 5.91 Å². The van der Waals surface area contributed by atoms with Gasteiger partial charge < -0.3 is 14.7 Å². The first-order valence-corrected chi connectivity index (χ1v) is 4.65. The van der Waals surface area contributed by atoms with Crippen LogP contribution in [0.4, 0.5) is 0 Å². The average Bonchev–Trinajstić information content (AvgIpc) is 2.12. The van der Waals surface area contributed by atoms with Gasteiger partial charge >= 0.3 is 0 Å². The van der Waals surface area contributed by atoms with E-state index in [1.165, 1.54) is 0 Å². The Morgan fingerprint density at radius 3 is 2.43 bits per heavy atom. The van der Waals surface area contributed by atoms with Gasteiger partial charge in [0, 0.05) is 20.6 Å². The van der Waals surface area contributed by atoms with Crippen molar-refractivity contribution in [3.05, 3.63) is 0 Å². The Balaban J connectivity index is 3.45. The summed E-state index contributed by atoms with van der Waals surface area (Å²) >= 11 is 0. The lowest BCUT2D eigenvalue weighted by Gasteiger charge is -2.18. The molecule has 0 aromatic heterocycles. The minimum absolute atomic E-state index is 0.0420. The van der Waals surface area contributed by atoms with Crippen LogP contribution in [0.3, 0.4) is 0 Å². The van der Waals surface area contributed by atoms with Crippen LogP contribution in [0.1, 0.15) is 0 Å². The number of likely N-dealkylation sites (N-methyl/N-ethyl adjacent to an activating group) is 2. The molecular formula is C9H20N2O3. The van der Waals surface area contributed by atoms with Crippen molar-refractivity contribution in [2.24, 2.45) is 0 Å². The zero-order chi connectivity index (χ0) is 11.0. The van der Waals surface area contributed by atoms with E-state index in [2.05, 4.69) is 0 Å². The van der Waals surface area contributed by atoms with Crippen molar-refractivity contribution >= 4 is 5.91 Å². The summed E-state index contributed by atoms with van der Waals surface area (Å²) < 4.78 is 5.08. The minimum Gasteiger partial charge on any atom is -0.394 e. The van der Waals surface area contributed by atoms with E-state index in [0.717, 1.165) is 0 Å². The smallest absolute Gasteiger partial charge is 0.236 e. The van der Waals surface area contributed by atoms with Gasteiger partial charge in [-0.3, -0.25) is 9.69 Å². The number of nitrogens with zero attached hydrogens (tertiary/aromatic N) is 2. The number of ether oxygens (including phenoxy) is 1. The number of amides is 1. The van der Waals surface area contributed by atoms with Crippen molar-refractivity contribution in [1.82, 2.24) is 9.80 Å². The summed E-state index contributed by atoms with van der Waals surface area (Å²) in [5.74, 6) is 0.0784. The highest BCUT2D eigenvalue weighted by atomic mass is 16.5. The molecule has 0 aromatic carbocycles. The van der Waals surface area contributed by atoms with Gasteiger partial charge in [0.25, 0.3) is 0 Å². The van der Waals surface area contributed by atoms with Crippen molar-refractivity contribution in [2.45, 2.75) is 0 Å².